The minimum absolute atomic E-state index is 0.0631. The smallest absolute Gasteiger partial charge is 0.223 e. The van der Waals surface area contributed by atoms with Gasteiger partial charge in [-0.25, -0.2) is 0 Å². The number of hydrogen-bond donors (Lipinski definition) is 1. The molecule has 0 radical (unpaired) electrons. The molecule has 120 valence electrons. The quantitative estimate of drug-likeness (QED) is 0.931. The van der Waals surface area contributed by atoms with E-state index in [0.29, 0.717) is 37.1 Å². The number of ether oxygens (including phenoxy) is 1. The average molecular weight is 320 g/mol. The number of nitrogens with one attached hydrogen (secondary N) is 1. The van der Waals surface area contributed by atoms with E-state index in [0.717, 1.165) is 13.0 Å². The Balaban J connectivity index is 1.34. The van der Waals surface area contributed by atoms with Crippen molar-refractivity contribution in [2.45, 2.75) is 50.3 Å². The molecule has 3 aliphatic heterocycles. The van der Waals surface area contributed by atoms with Gasteiger partial charge in [0.2, 0.25) is 5.91 Å². The third-order valence-corrected chi connectivity index (χ3v) is 6.07. The number of nitrogens with zero attached hydrogens (tertiary/aromatic N) is 1. The Bertz CT molecular complexity index is 507. The highest BCUT2D eigenvalue weighted by Crippen LogP contribution is 2.33. The van der Waals surface area contributed by atoms with Crippen LogP contribution in [0.15, 0.2) is 16.8 Å². The fourth-order valence-corrected chi connectivity index (χ4v) is 4.96. The van der Waals surface area contributed by atoms with Gasteiger partial charge in [0.15, 0.2) is 0 Å². The highest BCUT2D eigenvalue weighted by molar-refractivity contribution is 7.07. The second-order valence-electron chi connectivity index (χ2n) is 6.94. The first-order valence-electron chi connectivity index (χ1n) is 8.45. The van der Waals surface area contributed by atoms with Crippen molar-refractivity contribution in [2.75, 3.05) is 19.7 Å². The molecule has 1 N–H and O–H groups in total. The van der Waals surface area contributed by atoms with Gasteiger partial charge in [-0.2, -0.15) is 11.3 Å². The fraction of sp³-hybridized carbons (Fsp3) is 0.706. The molecule has 4 heterocycles. The molecule has 1 aromatic rings. The highest BCUT2D eigenvalue weighted by Gasteiger charge is 2.35. The second kappa shape index (κ2) is 6.30. The first-order chi connectivity index (χ1) is 10.8. The Morgan fingerprint density at radius 2 is 2.18 bits per heavy atom. The lowest BCUT2D eigenvalue weighted by molar-refractivity contribution is -0.140. The topological polar surface area (TPSA) is 41.6 Å². The van der Waals surface area contributed by atoms with Crippen molar-refractivity contribution in [3.05, 3.63) is 22.4 Å². The largest absolute Gasteiger partial charge is 0.370 e. The Hall–Kier alpha value is -0.910. The SMILES string of the molecule is O=C(CC1CC2CCC(C1)N2)N1CCOC(c2ccsc2)C1. The molecule has 1 amide bonds. The first kappa shape index (κ1) is 14.7. The van der Waals surface area contributed by atoms with E-state index in [2.05, 4.69) is 22.1 Å². The van der Waals surface area contributed by atoms with Gasteiger partial charge in [-0.05, 0) is 54.0 Å². The summed E-state index contributed by atoms with van der Waals surface area (Å²) in [5.41, 5.74) is 1.21. The molecule has 0 saturated carbocycles. The van der Waals surface area contributed by atoms with Gasteiger partial charge in [0.05, 0.1) is 13.2 Å². The number of amides is 1. The zero-order chi connectivity index (χ0) is 14.9. The van der Waals surface area contributed by atoms with E-state index < -0.39 is 0 Å². The molecule has 1 aromatic heterocycles. The van der Waals surface area contributed by atoms with Crippen LogP contribution in [0.25, 0.3) is 0 Å². The summed E-state index contributed by atoms with van der Waals surface area (Å²) in [5, 5.41) is 7.86. The van der Waals surface area contributed by atoms with Crippen LogP contribution in [0.3, 0.4) is 0 Å². The summed E-state index contributed by atoms with van der Waals surface area (Å²) in [6.07, 6.45) is 5.75. The second-order valence-corrected chi connectivity index (χ2v) is 7.72. The maximum absolute atomic E-state index is 12.7. The van der Waals surface area contributed by atoms with Crippen molar-refractivity contribution in [2.24, 2.45) is 5.92 Å². The van der Waals surface area contributed by atoms with Gasteiger partial charge >= 0.3 is 0 Å². The van der Waals surface area contributed by atoms with E-state index in [1.54, 1.807) is 11.3 Å². The lowest BCUT2D eigenvalue weighted by Gasteiger charge is -2.35. The molecule has 0 spiro atoms. The summed E-state index contributed by atoms with van der Waals surface area (Å²) >= 11 is 1.69. The van der Waals surface area contributed by atoms with Crippen LogP contribution in [0.2, 0.25) is 0 Å². The number of fused-ring (bicyclic) bond motifs is 2. The van der Waals surface area contributed by atoms with Crippen LogP contribution in [0.1, 0.15) is 43.8 Å². The highest BCUT2D eigenvalue weighted by atomic mass is 32.1. The average Bonchev–Trinajstić information content (AvgIpc) is 3.17. The van der Waals surface area contributed by atoms with Crippen LogP contribution in [0, 0.1) is 5.92 Å². The van der Waals surface area contributed by atoms with Crippen LogP contribution in [0.5, 0.6) is 0 Å². The number of morpholine rings is 1. The maximum atomic E-state index is 12.7. The van der Waals surface area contributed by atoms with E-state index in [9.17, 15) is 4.79 Å². The summed E-state index contributed by atoms with van der Waals surface area (Å²) in [5.74, 6) is 0.906. The Morgan fingerprint density at radius 1 is 1.36 bits per heavy atom. The Kier molecular flexibility index (Phi) is 4.20. The molecule has 3 atom stereocenters. The molecule has 5 heteroatoms. The number of hydrogen-bond acceptors (Lipinski definition) is 4. The van der Waals surface area contributed by atoms with Crippen LogP contribution in [0.4, 0.5) is 0 Å². The lowest BCUT2D eigenvalue weighted by atomic mass is 9.89. The fourth-order valence-electron chi connectivity index (χ4n) is 4.25. The predicted molar refractivity (Wildman–Crippen MR) is 86.9 cm³/mol. The number of thiophene rings is 1. The molecule has 3 unspecified atom stereocenters. The minimum atomic E-state index is 0.0631. The summed E-state index contributed by atoms with van der Waals surface area (Å²) in [6.45, 7) is 2.12. The molecule has 0 aliphatic carbocycles. The van der Waals surface area contributed by atoms with E-state index in [1.165, 1.54) is 31.2 Å². The third-order valence-electron chi connectivity index (χ3n) is 5.37. The monoisotopic (exact) mass is 320 g/mol. The minimum Gasteiger partial charge on any atom is -0.370 e. The van der Waals surface area contributed by atoms with Crippen molar-refractivity contribution < 1.29 is 9.53 Å². The lowest BCUT2D eigenvalue weighted by Crippen LogP contribution is -2.44. The van der Waals surface area contributed by atoms with E-state index in [1.807, 2.05) is 4.90 Å². The molecule has 3 fully saturated rings. The van der Waals surface area contributed by atoms with Crippen molar-refractivity contribution in [1.82, 2.24) is 10.2 Å². The van der Waals surface area contributed by atoms with Crippen LogP contribution in [-0.2, 0) is 9.53 Å². The molecule has 2 bridgehead atoms. The van der Waals surface area contributed by atoms with Crippen molar-refractivity contribution in [1.29, 1.82) is 0 Å². The van der Waals surface area contributed by atoms with Crippen LogP contribution in [-0.4, -0.2) is 42.6 Å². The Labute approximate surface area is 135 Å². The van der Waals surface area contributed by atoms with Gasteiger partial charge in [0.25, 0.3) is 0 Å². The Morgan fingerprint density at radius 3 is 2.91 bits per heavy atom. The van der Waals surface area contributed by atoms with Gasteiger partial charge < -0.3 is 15.0 Å². The number of carbonyl (C=O) groups is 1. The van der Waals surface area contributed by atoms with Crippen LogP contribution >= 0.6 is 11.3 Å². The van der Waals surface area contributed by atoms with Crippen molar-refractivity contribution in [3.63, 3.8) is 0 Å². The first-order valence-corrected chi connectivity index (χ1v) is 9.40. The zero-order valence-corrected chi connectivity index (χ0v) is 13.7. The summed E-state index contributed by atoms with van der Waals surface area (Å²) in [7, 11) is 0. The molecular weight excluding hydrogens is 296 g/mol. The molecular formula is C17H24N2O2S. The van der Waals surface area contributed by atoms with Gasteiger partial charge in [-0.1, -0.05) is 0 Å². The maximum Gasteiger partial charge on any atom is 0.223 e. The molecule has 4 nitrogen and oxygen atoms in total. The molecule has 3 aliphatic rings. The van der Waals surface area contributed by atoms with Crippen molar-refractivity contribution >= 4 is 17.2 Å². The normalized spacial score (nSPS) is 34.8. The van der Waals surface area contributed by atoms with Crippen LogP contribution < -0.4 is 5.32 Å². The number of rotatable bonds is 3. The van der Waals surface area contributed by atoms with Crippen molar-refractivity contribution in [3.8, 4) is 0 Å². The standard InChI is InChI=1S/C17H24N2O2S/c20-17(9-12-7-14-1-2-15(8-12)18-14)19-4-5-21-16(10-19)13-3-6-22-11-13/h3,6,11-12,14-16,18H,1-2,4-5,7-10H2. The van der Waals surface area contributed by atoms with E-state index in [4.69, 9.17) is 4.74 Å². The molecule has 0 aromatic carbocycles. The molecule has 22 heavy (non-hydrogen) atoms. The number of piperidine rings is 1. The summed E-state index contributed by atoms with van der Waals surface area (Å²) in [4.78, 5) is 14.7. The third kappa shape index (κ3) is 3.07. The molecule has 3 saturated heterocycles. The van der Waals surface area contributed by atoms with Gasteiger partial charge in [-0.3, -0.25) is 4.79 Å². The predicted octanol–water partition coefficient (Wildman–Crippen LogP) is 2.57. The van der Waals surface area contributed by atoms with Gasteiger partial charge in [0, 0.05) is 25.0 Å². The zero-order valence-electron chi connectivity index (χ0n) is 12.9. The summed E-state index contributed by atoms with van der Waals surface area (Å²) in [6, 6.07) is 3.44. The molecule has 4 rings (SSSR count). The van der Waals surface area contributed by atoms with E-state index in [-0.39, 0.29) is 6.10 Å². The number of carbonyl (C=O) groups excluding carboxylic acids is 1. The van der Waals surface area contributed by atoms with Gasteiger partial charge in [0.1, 0.15) is 6.10 Å². The van der Waals surface area contributed by atoms with Gasteiger partial charge in [-0.15, -0.1) is 0 Å². The summed E-state index contributed by atoms with van der Waals surface area (Å²) < 4.78 is 5.84. The van der Waals surface area contributed by atoms with E-state index >= 15 is 0 Å².